The standard InChI is InChI=1S/C23H21N3O3S2/c1-16(27)17-8-3-5-10-19(17)29-13-15-31-23-25-24-22(21-12-7-14-30-21)26(23)18-9-4-6-11-20(18)28-2/h3-12,14H,13,15H2,1-2H3. The summed E-state index contributed by atoms with van der Waals surface area (Å²) in [5.41, 5.74) is 1.47. The molecule has 158 valence electrons. The van der Waals surface area contributed by atoms with Crippen LogP contribution in [0.3, 0.4) is 0 Å². The summed E-state index contributed by atoms with van der Waals surface area (Å²) in [6.45, 7) is 1.97. The van der Waals surface area contributed by atoms with Crippen LogP contribution < -0.4 is 9.47 Å². The molecule has 0 saturated heterocycles. The number of ether oxygens (including phenoxy) is 2. The van der Waals surface area contributed by atoms with E-state index in [0.29, 0.717) is 23.7 Å². The number of ketones is 1. The van der Waals surface area contributed by atoms with Gasteiger partial charge in [0.15, 0.2) is 16.8 Å². The molecule has 2 aromatic carbocycles. The maximum absolute atomic E-state index is 11.8. The summed E-state index contributed by atoms with van der Waals surface area (Å²) in [4.78, 5) is 12.8. The molecule has 0 unspecified atom stereocenters. The Labute approximate surface area is 188 Å². The molecule has 0 amide bonds. The van der Waals surface area contributed by atoms with Gasteiger partial charge in [-0.05, 0) is 42.6 Å². The minimum absolute atomic E-state index is 0.0141. The summed E-state index contributed by atoms with van der Waals surface area (Å²) in [6.07, 6.45) is 0. The normalized spacial score (nSPS) is 10.8. The molecule has 0 aliphatic heterocycles. The molecule has 0 N–H and O–H groups in total. The number of methoxy groups -OCH3 is 1. The second kappa shape index (κ2) is 9.80. The van der Waals surface area contributed by atoms with Crippen LogP contribution >= 0.6 is 23.1 Å². The molecular weight excluding hydrogens is 430 g/mol. The Kier molecular flexibility index (Phi) is 6.69. The van der Waals surface area contributed by atoms with E-state index in [1.807, 2.05) is 64.5 Å². The van der Waals surface area contributed by atoms with Crippen molar-refractivity contribution in [3.8, 4) is 27.9 Å². The van der Waals surface area contributed by atoms with E-state index < -0.39 is 0 Å². The fraction of sp³-hybridized carbons (Fsp3) is 0.174. The first-order valence-corrected chi connectivity index (χ1v) is 11.5. The topological polar surface area (TPSA) is 66.2 Å². The number of thiophene rings is 1. The van der Waals surface area contributed by atoms with Gasteiger partial charge in [0.05, 0.1) is 29.8 Å². The molecule has 0 saturated carbocycles. The van der Waals surface area contributed by atoms with E-state index in [9.17, 15) is 4.79 Å². The number of nitrogens with zero attached hydrogens (tertiary/aromatic N) is 3. The number of para-hydroxylation sites is 3. The zero-order chi connectivity index (χ0) is 21.6. The van der Waals surface area contributed by atoms with Gasteiger partial charge in [0, 0.05) is 5.75 Å². The smallest absolute Gasteiger partial charge is 0.196 e. The number of hydrogen-bond acceptors (Lipinski definition) is 7. The van der Waals surface area contributed by atoms with Crippen molar-refractivity contribution < 1.29 is 14.3 Å². The van der Waals surface area contributed by atoms with Crippen LogP contribution in [0.25, 0.3) is 16.4 Å². The fourth-order valence-electron chi connectivity index (χ4n) is 3.13. The monoisotopic (exact) mass is 451 g/mol. The largest absolute Gasteiger partial charge is 0.495 e. The van der Waals surface area contributed by atoms with E-state index in [4.69, 9.17) is 9.47 Å². The number of thioether (sulfide) groups is 1. The Bertz CT molecular complexity index is 1170. The number of benzene rings is 2. The molecule has 31 heavy (non-hydrogen) atoms. The van der Waals surface area contributed by atoms with Gasteiger partial charge in [0.1, 0.15) is 11.5 Å². The third-order valence-corrected chi connectivity index (χ3v) is 6.30. The van der Waals surface area contributed by atoms with Gasteiger partial charge in [0.2, 0.25) is 0 Å². The van der Waals surface area contributed by atoms with E-state index >= 15 is 0 Å². The molecule has 0 spiro atoms. The SMILES string of the molecule is COc1ccccc1-n1c(SCCOc2ccccc2C(C)=O)nnc1-c1cccs1. The Balaban J connectivity index is 1.56. The molecule has 6 nitrogen and oxygen atoms in total. The van der Waals surface area contributed by atoms with Gasteiger partial charge in [-0.3, -0.25) is 9.36 Å². The van der Waals surface area contributed by atoms with Gasteiger partial charge in [-0.15, -0.1) is 21.5 Å². The fourth-order valence-corrected chi connectivity index (χ4v) is 4.59. The average molecular weight is 452 g/mol. The molecule has 2 heterocycles. The first-order valence-electron chi connectivity index (χ1n) is 9.67. The third-order valence-electron chi connectivity index (χ3n) is 4.54. The zero-order valence-electron chi connectivity index (χ0n) is 17.1. The molecule has 4 aromatic rings. The van der Waals surface area contributed by atoms with Crippen LogP contribution in [0.2, 0.25) is 0 Å². The predicted molar refractivity (Wildman–Crippen MR) is 124 cm³/mol. The summed E-state index contributed by atoms with van der Waals surface area (Å²) in [6, 6.07) is 19.1. The number of aromatic nitrogens is 3. The summed E-state index contributed by atoms with van der Waals surface area (Å²) in [7, 11) is 1.65. The van der Waals surface area contributed by atoms with Crippen molar-refractivity contribution in [2.24, 2.45) is 0 Å². The predicted octanol–water partition coefficient (Wildman–Crippen LogP) is 5.38. The van der Waals surface area contributed by atoms with Crippen molar-refractivity contribution in [1.82, 2.24) is 14.8 Å². The Morgan fingerprint density at radius 3 is 2.55 bits per heavy atom. The number of Topliss-reactive ketones (excluding diaryl/α,β-unsaturated/α-hetero) is 1. The lowest BCUT2D eigenvalue weighted by Gasteiger charge is -2.13. The van der Waals surface area contributed by atoms with Crippen LogP contribution in [0.1, 0.15) is 17.3 Å². The summed E-state index contributed by atoms with van der Waals surface area (Å²) in [5.74, 6) is 2.74. The molecule has 0 aliphatic carbocycles. The van der Waals surface area contributed by atoms with E-state index in [0.717, 1.165) is 27.3 Å². The first-order chi connectivity index (χ1) is 15.2. The average Bonchev–Trinajstić information content (AvgIpc) is 3.46. The van der Waals surface area contributed by atoms with Crippen molar-refractivity contribution in [2.75, 3.05) is 19.5 Å². The Morgan fingerprint density at radius 2 is 1.81 bits per heavy atom. The molecule has 0 radical (unpaired) electrons. The highest BCUT2D eigenvalue weighted by Crippen LogP contribution is 2.34. The lowest BCUT2D eigenvalue weighted by Crippen LogP contribution is -2.06. The minimum Gasteiger partial charge on any atom is -0.495 e. The van der Waals surface area contributed by atoms with Gasteiger partial charge in [-0.2, -0.15) is 0 Å². The number of carbonyl (C=O) groups is 1. The molecule has 4 rings (SSSR count). The van der Waals surface area contributed by atoms with Crippen LogP contribution in [0.5, 0.6) is 11.5 Å². The second-order valence-electron chi connectivity index (χ2n) is 6.54. The minimum atomic E-state index is -0.0141. The lowest BCUT2D eigenvalue weighted by atomic mass is 10.1. The molecular formula is C23H21N3O3S2. The number of rotatable bonds is 9. The van der Waals surface area contributed by atoms with Crippen molar-refractivity contribution in [1.29, 1.82) is 0 Å². The van der Waals surface area contributed by atoms with E-state index in [1.54, 1.807) is 43.2 Å². The maximum atomic E-state index is 11.8. The molecule has 0 atom stereocenters. The van der Waals surface area contributed by atoms with Crippen LogP contribution in [0.4, 0.5) is 0 Å². The van der Waals surface area contributed by atoms with Gasteiger partial charge >= 0.3 is 0 Å². The van der Waals surface area contributed by atoms with E-state index in [1.165, 1.54) is 0 Å². The van der Waals surface area contributed by atoms with Crippen molar-refractivity contribution in [3.63, 3.8) is 0 Å². The van der Waals surface area contributed by atoms with Crippen LogP contribution in [0, 0.1) is 0 Å². The Morgan fingerprint density at radius 1 is 1.03 bits per heavy atom. The summed E-state index contributed by atoms with van der Waals surface area (Å²) < 4.78 is 13.5. The lowest BCUT2D eigenvalue weighted by molar-refractivity contribution is 0.101. The molecule has 0 bridgehead atoms. The number of carbonyl (C=O) groups excluding carboxylic acids is 1. The first kappa shape index (κ1) is 21.1. The van der Waals surface area contributed by atoms with Crippen LogP contribution in [-0.2, 0) is 0 Å². The van der Waals surface area contributed by atoms with Gasteiger partial charge < -0.3 is 9.47 Å². The molecule has 0 aliphatic rings. The quantitative estimate of drug-likeness (QED) is 0.193. The van der Waals surface area contributed by atoms with Gasteiger partial charge in [0.25, 0.3) is 0 Å². The van der Waals surface area contributed by atoms with Gasteiger partial charge in [-0.1, -0.05) is 42.1 Å². The van der Waals surface area contributed by atoms with E-state index in [-0.39, 0.29) is 5.78 Å². The molecule has 0 fully saturated rings. The van der Waals surface area contributed by atoms with Crippen LogP contribution in [0.15, 0.2) is 71.2 Å². The second-order valence-corrected chi connectivity index (χ2v) is 8.55. The van der Waals surface area contributed by atoms with Crippen molar-refractivity contribution >= 4 is 28.9 Å². The summed E-state index contributed by atoms with van der Waals surface area (Å²) in [5, 5.41) is 11.6. The third kappa shape index (κ3) is 4.65. The molecule has 2 aromatic heterocycles. The highest BCUT2D eigenvalue weighted by molar-refractivity contribution is 7.99. The van der Waals surface area contributed by atoms with Crippen molar-refractivity contribution in [2.45, 2.75) is 12.1 Å². The highest BCUT2D eigenvalue weighted by atomic mass is 32.2. The zero-order valence-corrected chi connectivity index (χ0v) is 18.8. The Hall–Kier alpha value is -3.10. The van der Waals surface area contributed by atoms with Crippen molar-refractivity contribution in [3.05, 3.63) is 71.6 Å². The maximum Gasteiger partial charge on any atom is 0.196 e. The highest BCUT2D eigenvalue weighted by Gasteiger charge is 2.19. The number of hydrogen-bond donors (Lipinski definition) is 0. The van der Waals surface area contributed by atoms with E-state index in [2.05, 4.69) is 10.2 Å². The van der Waals surface area contributed by atoms with Gasteiger partial charge in [-0.25, -0.2) is 0 Å². The summed E-state index contributed by atoms with van der Waals surface area (Å²) >= 11 is 3.15. The molecule has 8 heteroatoms. The van der Waals surface area contributed by atoms with Crippen LogP contribution in [-0.4, -0.2) is 40.0 Å².